The van der Waals surface area contributed by atoms with Crippen molar-refractivity contribution in [1.29, 1.82) is 0 Å². The molecule has 0 spiro atoms. The van der Waals surface area contributed by atoms with Crippen molar-refractivity contribution in [2.45, 2.75) is 12.3 Å². The summed E-state index contributed by atoms with van der Waals surface area (Å²) in [5.41, 5.74) is 11.5. The number of nitrogens with zero attached hydrogens (tertiary/aromatic N) is 1. The van der Waals surface area contributed by atoms with E-state index in [0.29, 0.717) is 22.9 Å². The van der Waals surface area contributed by atoms with Gasteiger partial charge in [0.1, 0.15) is 5.69 Å². The lowest BCUT2D eigenvalue weighted by Gasteiger charge is -2.07. The second kappa shape index (κ2) is 16.8. The molecule has 0 saturated heterocycles. The van der Waals surface area contributed by atoms with Gasteiger partial charge < -0.3 is 37.0 Å². The Morgan fingerprint density at radius 2 is 1.18 bits per heavy atom. The fourth-order valence-electron chi connectivity index (χ4n) is 2.98. The number of sulfone groups is 1. The molecule has 0 amide bonds. The van der Waals surface area contributed by atoms with E-state index in [1.54, 1.807) is 24.3 Å². The minimum Gasteiger partial charge on any atom is -0.487 e. The normalized spacial score (nSPS) is 9.39. The van der Waals surface area contributed by atoms with E-state index in [4.69, 9.17) is 14.6 Å². The van der Waals surface area contributed by atoms with Crippen LogP contribution in [-0.2, 0) is 9.84 Å². The predicted octanol–water partition coefficient (Wildman–Crippen LogP) is 3.64. The first-order chi connectivity index (χ1) is 16.5. The van der Waals surface area contributed by atoms with Gasteiger partial charge in [0, 0.05) is 22.9 Å². The first-order valence-corrected chi connectivity index (χ1v) is 12.6. The zero-order chi connectivity index (χ0) is 26.0. The van der Waals surface area contributed by atoms with Crippen LogP contribution in [0.2, 0.25) is 0 Å². The first kappa shape index (κ1) is 36.3. The van der Waals surface area contributed by atoms with Crippen LogP contribution in [0, 0.1) is 0 Å². The Morgan fingerprint density at radius 3 is 1.63 bits per heavy atom. The number of oxazole rings is 1. The van der Waals surface area contributed by atoms with Gasteiger partial charge in [-0.3, -0.25) is 0 Å². The highest BCUT2D eigenvalue weighted by Gasteiger charge is 2.23. The van der Waals surface area contributed by atoms with Crippen molar-refractivity contribution < 1.29 is 34.0 Å². The summed E-state index contributed by atoms with van der Waals surface area (Å²) in [4.78, 5) is 4.90. The van der Waals surface area contributed by atoms with E-state index in [-0.39, 0.29) is 23.3 Å². The number of aliphatic hydroxyl groups excluding tert-OH is 2. The molecule has 0 atom stereocenters. The Balaban J connectivity index is 0. The average molecular weight is 582 g/mol. The van der Waals surface area contributed by atoms with Gasteiger partial charge >= 0.3 is 0 Å². The largest absolute Gasteiger partial charge is 0.487 e. The van der Waals surface area contributed by atoms with Crippen molar-refractivity contribution in [3.05, 3.63) is 84.9 Å². The Kier molecular flexibility index (Phi) is 16.0. The Hall–Kier alpha value is -3.88. The number of aliphatic hydroxyl groups is 2. The van der Waals surface area contributed by atoms with Gasteiger partial charge in [-0.25, -0.2) is 13.4 Å². The molecule has 0 radical (unpaired) electrons. The molecule has 0 bridgehead atoms. The number of hydrogen-bond donors (Lipinski definition) is 4. The van der Waals surface area contributed by atoms with Crippen LogP contribution < -0.4 is 11.5 Å². The predicted molar refractivity (Wildman–Crippen MR) is 159 cm³/mol. The van der Waals surface area contributed by atoms with Gasteiger partial charge in [0.2, 0.25) is 5.89 Å². The van der Waals surface area contributed by atoms with Crippen LogP contribution in [0.15, 0.2) is 94.2 Å². The standard InChI is InChI=1S/C22H17NO3S.2CH3NOS.CH4.2H2O/c1-27(24,25)19-15-9-8-14-18(19)20-21(16-10-4-2-5-11-16)26-22(23-20)17-12-6-3-7-13-17;2*2-1(3)4;;;/h2-15H,1H3;2*(H3,2,3,4);1H4;2*1H2. The molecular weight excluding hydrogens is 550 g/mol. The molecule has 3 aromatic carbocycles. The molecule has 0 fully saturated rings. The van der Waals surface area contributed by atoms with Crippen molar-refractivity contribution in [2.24, 2.45) is 11.5 Å². The lowest BCUT2D eigenvalue weighted by Crippen LogP contribution is -2.03. The van der Waals surface area contributed by atoms with Crippen LogP contribution in [-0.4, -0.2) is 51.2 Å². The molecule has 0 unspecified atom stereocenters. The van der Waals surface area contributed by atoms with Crippen molar-refractivity contribution >= 4 is 44.6 Å². The maximum absolute atomic E-state index is 12.3. The molecule has 10 N–H and O–H groups in total. The Labute approximate surface area is 232 Å². The minimum atomic E-state index is -3.42. The summed E-state index contributed by atoms with van der Waals surface area (Å²) in [6, 6.07) is 26.0. The molecule has 13 heteroatoms. The maximum Gasteiger partial charge on any atom is 0.251 e. The number of benzene rings is 3. The van der Waals surface area contributed by atoms with E-state index in [9.17, 15) is 8.42 Å². The van der Waals surface area contributed by atoms with E-state index >= 15 is 0 Å². The van der Waals surface area contributed by atoms with Gasteiger partial charge in [-0.1, -0.05) is 74.2 Å². The number of thiocarbonyl (C=S) groups is 2. The van der Waals surface area contributed by atoms with Gasteiger partial charge in [-0.15, -0.1) is 0 Å². The number of hydrogen-bond acceptors (Lipinski definition) is 6. The summed E-state index contributed by atoms with van der Waals surface area (Å²) in [6.45, 7) is 0. The third-order valence-corrected chi connectivity index (χ3v) is 5.38. The number of aromatic nitrogens is 1. The molecule has 0 aliphatic heterocycles. The topological polar surface area (TPSA) is 216 Å². The van der Waals surface area contributed by atoms with Gasteiger partial charge in [0.25, 0.3) is 10.3 Å². The van der Waals surface area contributed by atoms with Crippen molar-refractivity contribution in [1.82, 2.24) is 4.98 Å². The van der Waals surface area contributed by atoms with E-state index in [2.05, 4.69) is 40.9 Å². The number of nitrogens with two attached hydrogens (primary N) is 2. The van der Waals surface area contributed by atoms with Crippen molar-refractivity contribution in [3.8, 4) is 34.0 Å². The zero-order valence-electron chi connectivity index (χ0n) is 19.5. The minimum absolute atomic E-state index is 0. The highest BCUT2D eigenvalue weighted by molar-refractivity contribution is 7.90. The molecule has 0 saturated carbocycles. The SMILES string of the molecule is C.CS(=O)(=O)c1ccccc1-c1nc(-c2ccccc2)oc1-c1ccccc1.NC(O)=S.NC(O)=S.O.O. The van der Waals surface area contributed by atoms with Gasteiger partial charge in [0.15, 0.2) is 15.6 Å². The van der Waals surface area contributed by atoms with Crippen LogP contribution in [0.25, 0.3) is 34.0 Å². The average Bonchev–Trinajstić information content (AvgIpc) is 3.24. The summed E-state index contributed by atoms with van der Waals surface area (Å²) in [5.74, 6) is 0.998. The van der Waals surface area contributed by atoms with Crippen LogP contribution in [0.4, 0.5) is 0 Å². The summed E-state index contributed by atoms with van der Waals surface area (Å²) in [5, 5.41) is 14.1. The molecule has 1 heterocycles. The highest BCUT2D eigenvalue weighted by Crippen LogP contribution is 2.38. The second-order valence-electron chi connectivity index (χ2n) is 6.87. The van der Waals surface area contributed by atoms with Crippen LogP contribution in [0.5, 0.6) is 0 Å². The summed E-state index contributed by atoms with van der Waals surface area (Å²) in [7, 11) is -3.42. The molecule has 4 aromatic rings. The molecule has 1 aromatic heterocycles. The maximum atomic E-state index is 12.3. The summed E-state index contributed by atoms with van der Waals surface area (Å²) < 4.78 is 30.7. The van der Waals surface area contributed by atoms with Gasteiger partial charge in [-0.05, 0) is 42.6 Å². The molecular formula is C25H31N3O7S3. The lowest BCUT2D eigenvalue weighted by molar-refractivity contribution is 0.559. The summed E-state index contributed by atoms with van der Waals surface area (Å²) >= 11 is 7.74. The molecule has 0 aliphatic carbocycles. The van der Waals surface area contributed by atoms with Gasteiger partial charge in [-0.2, -0.15) is 0 Å². The smallest absolute Gasteiger partial charge is 0.251 e. The Morgan fingerprint density at radius 1 is 0.789 bits per heavy atom. The first-order valence-electron chi connectivity index (χ1n) is 9.88. The third-order valence-electron chi connectivity index (χ3n) is 4.23. The molecule has 206 valence electrons. The second-order valence-corrected chi connectivity index (χ2v) is 9.69. The fraction of sp³-hybridized carbons (Fsp3) is 0.0800. The molecule has 0 aliphatic rings. The third kappa shape index (κ3) is 11.0. The fourth-order valence-corrected chi connectivity index (χ4v) is 3.87. The van der Waals surface area contributed by atoms with Gasteiger partial charge in [0.05, 0.1) is 4.90 Å². The van der Waals surface area contributed by atoms with Crippen LogP contribution >= 0.6 is 24.4 Å². The van der Waals surface area contributed by atoms with E-state index in [1.165, 1.54) is 6.26 Å². The zero-order valence-corrected chi connectivity index (χ0v) is 22.0. The Bertz CT molecular complexity index is 1380. The van der Waals surface area contributed by atoms with Crippen LogP contribution in [0.1, 0.15) is 7.43 Å². The van der Waals surface area contributed by atoms with Crippen molar-refractivity contribution in [2.75, 3.05) is 6.26 Å². The van der Waals surface area contributed by atoms with Crippen molar-refractivity contribution in [3.63, 3.8) is 0 Å². The highest BCUT2D eigenvalue weighted by atomic mass is 32.2. The number of rotatable bonds is 4. The molecule has 10 nitrogen and oxygen atoms in total. The lowest BCUT2D eigenvalue weighted by atomic mass is 10.1. The molecule has 38 heavy (non-hydrogen) atoms. The molecule has 4 rings (SSSR count). The van der Waals surface area contributed by atoms with Crippen LogP contribution in [0.3, 0.4) is 0 Å². The quantitative estimate of drug-likeness (QED) is 0.256. The van der Waals surface area contributed by atoms with E-state index in [1.807, 2.05) is 60.7 Å². The monoisotopic (exact) mass is 581 g/mol. The summed E-state index contributed by atoms with van der Waals surface area (Å²) in [6.07, 6.45) is 1.20. The van der Waals surface area contributed by atoms with E-state index in [0.717, 1.165) is 11.1 Å². The van der Waals surface area contributed by atoms with E-state index < -0.39 is 20.2 Å².